The lowest BCUT2D eigenvalue weighted by molar-refractivity contribution is -0.884. The predicted molar refractivity (Wildman–Crippen MR) is 99.5 cm³/mol. The number of benzene rings is 1. The number of hydrogen-bond donors (Lipinski definition) is 1. The Balaban J connectivity index is 1.79. The number of carbonyl (C=O) groups excluding carboxylic acids is 2. The van der Waals surface area contributed by atoms with Crippen LogP contribution in [-0.2, 0) is 16.1 Å². The van der Waals surface area contributed by atoms with Crippen molar-refractivity contribution in [2.75, 3.05) is 21.1 Å². The van der Waals surface area contributed by atoms with Crippen LogP contribution < -0.4 is 5.11 Å². The molecule has 26 heavy (non-hydrogen) atoms. The van der Waals surface area contributed by atoms with Crippen LogP contribution in [0.4, 0.5) is 0 Å². The predicted octanol–water partition coefficient (Wildman–Crippen LogP) is 0.816. The molecular formula is C18H22N2O4S2. The molecule has 1 aromatic rings. The first kappa shape index (κ1) is 19.3. The van der Waals surface area contributed by atoms with Crippen molar-refractivity contribution in [3.63, 3.8) is 0 Å². The van der Waals surface area contributed by atoms with Crippen LogP contribution in [0, 0.1) is 5.92 Å². The zero-order chi connectivity index (χ0) is 19.2. The highest BCUT2D eigenvalue weighted by Crippen LogP contribution is 2.54. The number of thioether (sulfide) groups is 2. The van der Waals surface area contributed by atoms with Crippen molar-refractivity contribution < 1.29 is 24.3 Å². The molecule has 1 fully saturated rings. The van der Waals surface area contributed by atoms with Crippen LogP contribution in [0.2, 0.25) is 0 Å². The van der Waals surface area contributed by atoms with E-state index in [0.29, 0.717) is 4.24 Å². The molecule has 0 spiro atoms. The summed E-state index contributed by atoms with van der Waals surface area (Å²) in [6, 6.07) is 7.98. The van der Waals surface area contributed by atoms with Crippen molar-refractivity contribution in [1.82, 2.24) is 4.90 Å². The summed E-state index contributed by atoms with van der Waals surface area (Å²) in [5.41, 5.74) is 1.12. The summed E-state index contributed by atoms with van der Waals surface area (Å²) < 4.78 is 1.35. The molecule has 3 rings (SSSR count). The second kappa shape index (κ2) is 6.92. The number of quaternary nitrogens is 1. The number of fused-ring (bicyclic) bond motifs is 1. The van der Waals surface area contributed by atoms with Crippen molar-refractivity contribution in [3.05, 3.63) is 39.8 Å². The average molecular weight is 395 g/mol. The van der Waals surface area contributed by atoms with Gasteiger partial charge in [0.05, 0.1) is 49.1 Å². The Morgan fingerprint density at radius 2 is 1.96 bits per heavy atom. The van der Waals surface area contributed by atoms with Crippen LogP contribution in [0.15, 0.2) is 39.1 Å². The summed E-state index contributed by atoms with van der Waals surface area (Å²) in [6.07, 6.45) is -0.807. The molecule has 2 aliphatic heterocycles. The molecule has 2 aliphatic rings. The molecule has 0 aliphatic carbocycles. The zero-order valence-corrected chi connectivity index (χ0v) is 16.8. The van der Waals surface area contributed by atoms with Crippen LogP contribution in [0.25, 0.3) is 0 Å². The summed E-state index contributed by atoms with van der Waals surface area (Å²) in [5, 5.41) is 21.0. The smallest absolute Gasteiger partial charge is 0.236 e. The van der Waals surface area contributed by atoms with E-state index in [2.05, 4.69) is 21.1 Å². The van der Waals surface area contributed by atoms with Gasteiger partial charge in [0.15, 0.2) is 0 Å². The van der Waals surface area contributed by atoms with Crippen molar-refractivity contribution in [3.8, 4) is 0 Å². The number of β-lactam (4-membered cyclic amide) rings is 1. The molecule has 0 saturated carbocycles. The Labute approximate surface area is 161 Å². The van der Waals surface area contributed by atoms with Gasteiger partial charge in [-0.1, -0.05) is 35.7 Å². The summed E-state index contributed by atoms with van der Waals surface area (Å²) in [5.74, 6) is -2.29. The molecule has 1 aromatic carbocycles. The highest BCUT2D eigenvalue weighted by molar-refractivity contribution is 8.22. The van der Waals surface area contributed by atoms with Gasteiger partial charge >= 0.3 is 0 Å². The Kier molecular flexibility index (Phi) is 5.13. The maximum atomic E-state index is 12.2. The second-order valence-corrected chi connectivity index (χ2v) is 10.1. The second-order valence-electron chi connectivity index (χ2n) is 7.60. The van der Waals surface area contributed by atoms with Gasteiger partial charge in [-0.15, -0.1) is 0 Å². The van der Waals surface area contributed by atoms with Gasteiger partial charge in [-0.3, -0.25) is 9.69 Å². The Bertz CT molecular complexity index is 768. The lowest BCUT2D eigenvalue weighted by atomic mass is 9.92. The monoisotopic (exact) mass is 394 g/mol. The number of carbonyl (C=O) groups is 2. The largest absolute Gasteiger partial charge is 0.543 e. The molecule has 0 aromatic heterocycles. The normalized spacial score (nSPS) is 23.7. The summed E-state index contributed by atoms with van der Waals surface area (Å²) in [7, 11) is 6.36. The first-order chi connectivity index (χ1) is 12.1. The van der Waals surface area contributed by atoms with E-state index in [1.807, 2.05) is 24.3 Å². The topological polar surface area (TPSA) is 80.7 Å². The molecule has 0 radical (unpaired) electrons. The van der Waals surface area contributed by atoms with E-state index in [-0.39, 0.29) is 17.0 Å². The number of carboxylic acids is 1. The van der Waals surface area contributed by atoms with Crippen molar-refractivity contribution in [1.29, 1.82) is 0 Å². The lowest BCUT2D eigenvalue weighted by Crippen LogP contribution is -2.61. The third-order valence-corrected chi connectivity index (χ3v) is 6.83. The molecule has 6 nitrogen and oxygen atoms in total. The molecule has 0 unspecified atom stereocenters. The Hall–Kier alpha value is -1.48. The van der Waals surface area contributed by atoms with Crippen LogP contribution in [-0.4, -0.2) is 59.0 Å². The van der Waals surface area contributed by atoms with Gasteiger partial charge in [-0.25, -0.2) is 0 Å². The van der Waals surface area contributed by atoms with E-state index in [9.17, 15) is 19.8 Å². The van der Waals surface area contributed by atoms with E-state index in [0.717, 1.165) is 15.9 Å². The van der Waals surface area contributed by atoms with Gasteiger partial charge < -0.3 is 19.5 Å². The van der Waals surface area contributed by atoms with E-state index in [1.165, 1.54) is 34.0 Å². The third-order valence-electron chi connectivity index (χ3n) is 4.25. The van der Waals surface area contributed by atoms with Crippen LogP contribution in [0.5, 0.6) is 0 Å². The van der Waals surface area contributed by atoms with Gasteiger partial charge in [0.25, 0.3) is 0 Å². The maximum absolute atomic E-state index is 12.2. The molecule has 2 heterocycles. The Morgan fingerprint density at radius 3 is 2.46 bits per heavy atom. The molecule has 140 valence electrons. The van der Waals surface area contributed by atoms with Crippen LogP contribution in [0.3, 0.4) is 0 Å². The fourth-order valence-corrected chi connectivity index (χ4v) is 5.99. The molecular weight excluding hydrogens is 372 g/mol. The minimum absolute atomic E-state index is 0.0812. The fraction of sp³-hybridized carbons (Fsp3) is 0.444. The number of amides is 1. The van der Waals surface area contributed by atoms with Crippen molar-refractivity contribution >= 4 is 35.4 Å². The van der Waals surface area contributed by atoms with Gasteiger partial charge in [0, 0.05) is 10.5 Å². The molecule has 1 N–H and O–H groups in total. The number of nitrogens with zero attached hydrogens (tertiary/aromatic N) is 2. The molecule has 0 bridgehead atoms. The minimum atomic E-state index is -1.36. The third kappa shape index (κ3) is 3.64. The highest BCUT2D eigenvalue weighted by atomic mass is 32.2. The number of rotatable bonds is 6. The number of aliphatic hydroxyl groups is 1. The SMILES string of the molecule is C[C@@H](O)[C@H]1C(=O)N2C(C(=O)[O-])=C(Sc3ccc(C[N+](C)(C)C)cc3)S[C@H]12. The maximum Gasteiger partial charge on any atom is 0.236 e. The average Bonchev–Trinajstić information content (AvgIpc) is 2.82. The molecule has 1 saturated heterocycles. The van der Waals surface area contributed by atoms with Crippen molar-refractivity contribution in [2.45, 2.75) is 29.8 Å². The quantitative estimate of drug-likeness (QED) is 0.568. The van der Waals surface area contributed by atoms with E-state index in [4.69, 9.17) is 0 Å². The van der Waals surface area contributed by atoms with Gasteiger partial charge in [-0.05, 0) is 19.1 Å². The first-order valence-corrected chi connectivity index (χ1v) is 9.99. The number of aliphatic hydroxyl groups excluding tert-OH is 1. The van der Waals surface area contributed by atoms with E-state index >= 15 is 0 Å². The highest BCUT2D eigenvalue weighted by Gasteiger charge is 2.56. The fourth-order valence-electron chi connectivity index (χ4n) is 3.13. The number of carboxylic acid groups (broad SMARTS) is 1. The van der Waals surface area contributed by atoms with Crippen molar-refractivity contribution in [2.24, 2.45) is 5.92 Å². The summed E-state index contributed by atoms with van der Waals surface area (Å²) in [4.78, 5) is 25.9. The minimum Gasteiger partial charge on any atom is -0.543 e. The van der Waals surface area contributed by atoms with Crippen LogP contribution >= 0.6 is 23.5 Å². The molecule has 8 heteroatoms. The lowest BCUT2D eigenvalue weighted by Gasteiger charge is -2.44. The first-order valence-electron chi connectivity index (χ1n) is 8.29. The summed E-state index contributed by atoms with van der Waals surface area (Å²) in [6.45, 7) is 2.45. The van der Waals surface area contributed by atoms with Gasteiger partial charge in [0.1, 0.15) is 11.9 Å². The molecule has 1 amide bonds. The van der Waals surface area contributed by atoms with Gasteiger partial charge in [0.2, 0.25) is 5.91 Å². The summed E-state index contributed by atoms with van der Waals surface area (Å²) >= 11 is 2.63. The van der Waals surface area contributed by atoms with E-state index < -0.39 is 18.0 Å². The van der Waals surface area contributed by atoms with E-state index in [1.54, 1.807) is 6.92 Å². The zero-order valence-electron chi connectivity index (χ0n) is 15.1. The van der Waals surface area contributed by atoms with Crippen LogP contribution in [0.1, 0.15) is 12.5 Å². The Morgan fingerprint density at radius 1 is 1.35 bits per heavy atom. The van der Waals surface area contributed by atoms with Gasteiger partial charge in [-0.2, -0.15) is 0 Å². The number of aliphatic carboxylic acids is 1. The standard InChI is InChI=1S/C18H22N2O4S2/c1-10(21)13-15(22)19-14(17(23)24)18(26-16(13)19)25-12-7-5-11(6-8-12)9-20(2,3)4/h5-8,10,13,16,21H,9H2,1-4H3/t10-,13+,16-/m1/s1. The number of hydrogen-bond acceptors (Lipinski definition) is 6. The molecule has 3 atom stereocenters.